The van der Waals surface area contributed by atoms with Gasteiger partial charge >= 0.3 is 0 Å². The normalized spacial score (nSPS) is 14.3. The number of anilines is 2. The van der Waals surface area contributed by atoms with Crippen molar-refractivity contribution in [2.24, 2.45) is 0 Å². The summed E-state index contributed by atoms with van der Waals surface area (Å²) < 4.78 is 5.17. The molecule has 0 spiro atoms. The highest BCUT2D eigenvalue weighted by molar-refractivity contribution is 5.51. The van der Waals surface area contributed by atoms with Crippen LogP contribution in [0, 0.1) is 0 Å². The number of amides is 1. The zero-order chi connectivity index (χ0) is 17.5. The number of piperazine rings is 1. The van der Waals surface area contributed by atoms with Crippen molar-refractivity contribution in [2.75, 3.05) is 50.1 Å². The number of hydrogen-bond donors (Lipinski definition) is 1. The number of methoxy groups -OCH3 is 1. The smallest absolute Gasteiger partial charge is 0.209 e. The summed E-state index contributed by atoms with van der Waals surface area (Å²) in [6.45, 7) is 3.84. The number of hydrogen-bond acceptors (Lipinski definition) is 6. The van der Waals surface area contributed by atoms with E-state index in [0.717, 1.165) is 62.9 Å². The molecule has 3 rings (SSSR count). The van der Waals surface area contributed by atoms with Gasteiger partial charge in [-0.15, -0.1) is 0 Å². The summed E-state index contributed by atoms with van der Waals surface area (Å²) in [6.07, 6.45) is 3.39. The van der Waals surface area contributed by atoms with Crippen molar-refractivity contribution in [2.45, 2.75) is 6.42 Å². The number of carbonyl (C=O) groups is 1. The van der Waals surface area contributed by atoms with Crippen LogP contribution in [0.5, 0.6) is 5.75 Å². The van der Waals surface area contributed by atoms with E-state index in [1.165, 1.54) is 5.56 Å². The molecule has 0 radical (unpaired) electrons. The summed E-state index contributed by atoms with van der Waals surface area (Å²) >= 11 is 0. The molecule has 1 N–H and O–H groups in total. The third-order valence-corrected chi connectivity index (χ3v) is 4.32. The van der Waals surface area contributed by atoms with Gasteiger partial charge in [-0.3, -0.25) is 4.79 Å². The highest BCUT2D eigenvalue weighted by Gasteiger charge is 2.16. The molecule has 7 nitrogen and oxygen atoms in total. The number of benzene rings is 1. The van der Waals surface area contributed by atoms with Crippen LogP contribution in [0.2, 0.25) is 0 Å². The zero-order valence-electron chi connectivity index (χ0n) is 14.4. The van der Waals surface area contributed by atoms with Crippen LogP contribution in [0.3, 0.4) is 0 Å². The quantitative estimate of drug-likeness (QED) is 0.768. The minimum Gasteiger partial charge on any atom is -0.497 e. The first-order valence-electron chi connectivity index (χ1n) is 8.41. The molecule has 132 valence electrons. The van der Waals surface area contributed by atoms with Crippen LogP contribution in [0.15, 0.2) is 36.7 Å². The maximum atomic E-state index is 10.8. The van der Waals surface area contributed by atoms with Crippen LogP contribution in [0.1, 0.15) is 5.56 Å². The Balaban J connectivity index is 1.52. The molecule has 2 heterocycles. The van der Waals surface area contributed by atoms with E-state index in [4.69, 9.17) is 4.74 Å². The highest BCUT2D eigenvalue weighted by atomic mass is 16.5. The summed E-state index contributed by atoms with van der Waals surface area (Å²) in [6, 6.07) is 10.0. The van der Waals surface area contributed by atoms with Gasteiger partial charge in [-0.25, -0.2) is 9.97 Å². The molecule has 0 unspecified atom stereocenters. The van der Waals surface area contributed by atoms with Gasteiger partial charge in [-0.1, -0.05) is 12.1 Å². The summed E-state index contributed by atoms with van der Waals surface area (Å²) in [5, 5.41) is 3.35. The average Bonchev–Trinajstić information content (AvgIpc) is 2.69. The van der Waals surface area contributed by atoms with Crippen molar-refractivity contribution >= 4 is 18.0 Å². The molecule has 1 aliphatic heterocycles. The molecule has 1 aliphatic rings. The minimum absolute atomic E-state index is 0.730. The fourth-order valence-electron chi connectivity index (χ4n) is 2.80. The molecule has 0 bridgehead atoms. The molecule has 1 fully saturated rings. The minimum atomic E-state index is 0.730. The van der Waals surface area contributed by atoms with E-state index < -0.39 is 0 Å². The van der Waals surface area contributed by atoms with Gasteiger partial charge in [0.2, 0.25) is 6.41 Å². The summed E-state index contributed by atoms with van der Waals surface area (Å²) in [5.74, 6) is 2.58. The standard InChI is InChI=1S/C18H23N5O2/c1-25-16-4-2-15(3-5-16)6-7-19-17-12-18(21-13-20-17)23-10-8-22(14-24)9-11-23/h2-5,12-14H,6-11H2,1H3,(H,19,20,21). The Kier molecular flexibility index (Phi) is 5.66. The average molecular weight is 341 g/mol. The van der Waals surface area contributed by atoms with Crippen LogP contribution in [-0.2, 0) is 11.2 Å². The topological polar surface area (TPSA) is 70.6 Å². The van der Waals surface area contributed by atoms with Crippen molar-refractivity contribution in [3.05, 3.63) is 42.2 Å². The molecular formula is C18H23N5O2. The number of nitrogens with one attached hydrogen (secondary N) is 1. The Morgan fingerprint density at radius 3 is 2.60 bits per heavy atom. The van der Waals surface area contributed by atoms with Crippen LogP contribution < -0.4 is 15.0 Å². The van der Waals surface area contributed by atoms with Gasteiger partial charge in [0.15, 0.2) is 0 Å². The lowest BCUT2D eigenvalue weighted by molar-refractivity contribution is -0.118. The molecule has 2 aromatic rings. The Morgan fingerprint density at radius 1 is 1.16 bits per heavy atom. The number of ether oxygens (including phenoxy) is 1. The van der Waals surface area contributed by atoms with Crippen molar-refractivity contribution in [1.29, 1.82) is 0 Å². The van der Waals surface area contributed by atoms with Crippen LogP contribution in [-0.4, -0.2) is 61.1 Å². The van der Waals surface area contributed by atoms with E-state index in [0.29, 0.717) is 0 Å². The molecule has 0 saturated carbocycles. The molecule has 0 atom stereocenters. The van der Waals surface area contributed by atoms with E-state index in [1.54, 1.807) is 18.3 Å². The van der Waals surface area contributed by atoms with Crippen molar-refractivity contribution in [3.63, 3.8) is 0 Å². The Labute approximate surface area is 147 Å². The van der Waals surface area contributed by atoms with E-state index in [2.05, 4.69) is 32.3 Å². The number of carbonyl (C=O) groups excluding carboxylic acids is 1. The lowest BCUT2D eigenvalue weighted by Crippen LogP contribution is -2.46. The third kappa shape index (κ3) is 4.59. The summed E-state index contributed by atoms with van der Waals surface area (Å²) in [5.41, 5.74) is 1.24. The molecule has 1 aromatic heterocycles. The van der Waals surface area contributed by atoms with E-state index in [-0.39, 0.29) is 0 Å². The summed E-state index contributed by atoms with van der Waals surface area (Å²) in [4.78, 5) is 23.4. The van der Waals surface area contributed by atoms with Gasteiger partial charge in [0.25, 0.3) is 0 Å². The van der Waals surface area contributed by atoms with E-state index in [9.17, 15) is 4.79 Å². The van der Waals surface area contributed by atoms with Gasteiger partial charge in [0.1, 0.15) is 23.7 Å². The maximum absolute atomic E-state index is 10.8. The first kappa shape index (κ1) is 17.0. The first-order valence-corrected chi connectivity index (χ1v) is 8.41. The Bertz CT molecular complexity index is 684. The van der Waals surface area contributed by atoms with Gasteiger partial charge in [0.05, 0.1) is 7.11 Å². The van der Waals surface area contributed by atoms with Gasteiger partial charge in [-0.05, 0) is 24.1 Å². The fraction of sp³-hybridized carbons (Fsp3) is 0.389. The third-order valence-electron chi connectivity index (χ3n) is 4.32. The monoisotopic (exact) mass is 341 g/mol. The fourth-order valence-corrected chi connectivity index (χ4v) is 2.80. The second-order valence-electron chi connectivity index (χ2n) is 5.91. The lowest BCUT2D eigenvalue weighted by atomic mass is 10.1. The van der Waals surface area contributed by atoms with Gasteiger partial charge in [0, 0.05) is 38.8 Å². The van der Waals surface area contributed by atoms with Crippen molar-refractivity contribution in [1.82, 2.24) is 14.9 Å². The number of aromatic nitrogens is 2. The predicted molar refractivity (Wildman–Crippen MR) is 97.1 cm³/mol. The number of rotatable bonds is 7. The van der Waals surface area contributed by atoms with Crippen molar-refractivity contribution in [3.8, 4) is 5.75 Å². The first-order chi connectivity index (χ1) is 12.3. The molecule has 7 heteroatoms. The summed E-state index contributed by atoms with van der Waals surface area (Å²) in [7, 11) is 1.67. The molecular weight excluding hydrogens is 318 g/mol. The van der Waals surface area contributed by atoms with Crippen LogP contribution in [0.4, 0.5) is 11.6 Å². The Morgan fingerprint density at radius 2 is 1.92 bits per heavy atom. The van der Waals surface area contributed by atoms with E-state index in [1.807, 2.05) is 18.2 Å². The van der Waals surface area contributed by atoms with Gasteiger partial charge < -0.3 is 19.9 Å². The molecule has 25 heavy (non-hydrogen) atoms. The largest absolute Gasteiger partial charge is 0.497 e. The SMILES string of the molecule is COc1ccc(CCNc2cc(N3CCN(C=O)CC3)ncn2)cc1. The number of nitrogens with zero attached hydrogens (tertiary/aromatic N) is 4. The Hall–Kier alpha value is -2.83. The second kappa shape index (κ2) is 8.32. The van der Waals surface area contributed by atoms with Crippen LogP contribution >= 0.6 is 0 Å². The van der Waals surface area contributed by atoms with Gasteiger partial charge in [-0.2, -0.15) is 0 Å². The highest BCUT2D eigenvalue weighted by Crippen LogP contribution is 2.16. The predicted octanol–water partition coefficient (Wildman–Crippen LogP) is 1.42. The van der Waals surface area contributed by atoms with Crippen LogP contribution in [0.25, 0.3) is 0 Å². The van der Waals surface area contributed by atoms with Crippen molar-refractivity contribution < 1.29 is 9.53 Å². The molecule has 1 amide bonds. The zero-order valence-corrected chi connectivity index (χ0v) is 14.4. The lowest BCUT2D eigenvalue weighted by Gasteiger charge is -2.33. The van der Waals surface area contributed by atoms with E-state index >= 15 is 0 Å². The molecule has 1 saturated heterocycles. The second-order valence-corrected chi connectivity index (χ2v) is 5.91. The maximum Gasteiger partial charge on any atom is 0.209 e. The molecule has 1 aromatic carbocycles. The molecule has 0 aliphatic carbocycles.